The molecule has 1 saturated carbocycles. The normalized spacial score (nSPS) is 24.2. The summed E-state index contributed by atoms with van der Waals surface area (Å²) in [5.41, 5.74) is 0. The van der Waals surface area contributed by atoms with E-state index in [1.54, 1.807) is 0 Å². The van der Waals surface area contributed by atoms with Gasteiger partial charge in [0.25, 0.3) is 0 Å². The summed E-state index contributed by atoms with van der Waals surface area (Å²) in [6, 6.07) is -0.504. The Morgan fingerprint density at radius 3 is 2.33 bits per heavy atom. The molecule has 1 amide bonds. The van der Waals surface area contributed by atoms with E-state index in [0.29, 0.717) is 0 Å². The number of carbonyl (C=O) groups excluding carboxylic acids is 1. The van der Waals surface area contributed by atoms with Gasteiger partial charge in [-0.1, -0.05) is 26.2 Å². The van der Waals surface area contributed by atoms with Gasteiger partial charge in [-0.3, -0.25) is 4.79 Å². The van der Waals surface area contributed by atoms with Gasteiger partial charge in [0, 0.05) is 5.92 Å². The molecular formula is C14H27NO3. The van der Waals surface area contributed by atoms with Gasteiger partial charge in [0.15, 0.2) is 0 Å². The first-order valence-corrected chi connectivity index (χ1v) is 7.23. The van der Waals surface area contributed by atoms with Crippen LogP contribution in [0, 0.1) is 11.8 Å². The predicted molar refractivity (Wildman–Crippen MR) is 71.1 cm³/mol. The van der Waals surface area contributed by atoms with Gasteiger partial charge < -0.3 is 15.5 Å². The van der Waals surface area contributed by atoms with E-state index in [1.165, 1.54) is 19.3 Å². The Morgan fingerprint density at radius 2 is 1.83 bits per heavy atom. The smallest absolute Gasteiger partial charge is 0.223 e. The molecule has 1 aliphatic carbocycles. The van der Waals surface area contributed by atoms with Crippen molar-refractivity contribution in [3.63, 3.8) is 0 Å². The minimum absolute atomic E-state index is 0.00274. The molecule has 4 heteroatoms. The van der Waals surface area contributed by atoms with Gasteiger partial charge in [-0.15, -0.1) is 0 Å². The number of hydrogen-bond donors (Lipinski definition) is 3. The summed E-state index contributed by atoms with van der Waals surface area (Å²) in [5.74, 6) is 0.862. The van der Waals surface area contributed by atoms with Crippen LogP contribution in [0.4, 0.5) is 0 Å². The fourth-order valence-corrected chi connectivity index (χ4v) is 2.67. The van der Waals surface area contributed by atoms with Crippen LogP contribution in [-0.2, 0) is 4.79 Å². The molecule has 18 heavy (non-hydrogen) atoms. The monoisotopic (exact) mass is 257 g/mol. The van der Waals surface area contributed by atoms with E-state index < -0.39 is 6.04 Å². The number of nitrogens with one attached hydrogen (secondary N) is 1. The minimum atomic E-state index is -0.504. The van der Waals surface area contributed by atoms with Gasteiger partial charge in [-0.25, -0.2) is 0 Å². The zero-order valence-electron chi connectivity index (χ0n) is 11.4. The lowest BCUT2D eigenvalue weighted by Crippen LogP contribution is -2.43. The maximum atomic E-state index is 11.9. The Hall–Kier alpha value is -0.610. The van der Waals surface area contributed by atoms with Gasteiger partial charge >= 0.3 is 0 Å². The van der Waals surface area contributed by atoms with E-state index in [0.717, 1.165) is 31.6 Å². The van der Waals surface area contributed by atoms with Gasteiger partial charge in [0.1, 0.15) is 0 Å². The SMILES string of the molecule is CCCCC1CCC(C(=O)NC(CO)CO)CC1. The second kappa shape index (κ2) is 8.48. The van der Waals surface area contributed by atoms with E-state index in [9.17, 15) is 4.79 Å². The van der Waals surface area contributed by atoms with Crippen molar-refractivity contribution in [1.82, 2.24) is 5.32 Å². The van der Waals surface area contributed by atoms with Crippen molar-refractivity contribution in [2.45, 2.75) is 57.9 Å². The Labute approximate surface area is 110 Å². The number of carbonyl (C=O) groups is 1. The van der Waals surface area contributed by atoms with Crippen LogP contribution in [0.15, 0.2) is 0 Å². The highest BCUT2D eigenvalue weighted by Crippen LogP contribution is 2.31. The molecule has 1 rings (SSSR count). The molecule has 0 bridgehead atoms. The number of amides is 1. The third kappa shape index (κ3) is 4.94. The van der Waals surface area contributed by atoms with Crippen LogP contribution in [-0.4, -0.2) is 35.4 Å². The second-order valence-corrected chi connectivity index (χ2v) is 5.43. The van der Waals surface area contributed by atoms with Crippen molar-refractivity contribution in [3.05, 3.63) is 0 Å². The van der Waals surface area contributed by atoms with Crippen LogP contribution >= 0.6 is 0 Å². The van der Waals surface area contributed by atoms with Gasteiger partial charge in [0.05, 0.1) is 19.3 Å². The van der Waals surface area contributed by atoms with Crippen LogP contribution in [0.3, 0.4) is 0 Å². The average molecular weight is 257 g/mol. The van der Waals surface area contributed by atoms with Crippen molar-refractivity contribution < 1.29 is 15.0 Å². The summed E-state index contributed by atoms with van der Waals surface area (Å²) in [7, 11) is 0. The van der Waals surface area contributed by atoms with Crippen LogP contribution in [0.5, 0.6) is 0 Å². The molecule has 4 nitrogen and oxygen atoms in total. The Morgan fingerprint density at radius 1 is 1.22 bits per heavy atom. The van der Waals surface area contributed by atoms with Gasteiger partial charge in [-0.05, 0) is 31.6 Å². The number of hydrogen-bond acceptors (Lipinski definition) is 3. The molecule has 0 aliphatic heterocycles. The first-order valence-electron chi connectivity index (χ1n) is 7.23. The van der Waals surface area contributed by atoms with Crippen molar-refractivity contribution in [2.24, 2.45) is 11.8 Å². The highest BCUT2D eigenvalue weighted by atomic mass is 16.3. The average Bonchev–Trinajstić information content (AvgIpc) is 2.42. The molecule has 0 spiro atoms. The quantitative estimate of drug-likeness (QED) is 0.646. The summed E-state index contributed by atoms with van der Waals surface area (Å²) in [6.45, 7) is 1.81. The van der Waals surface area contributed by atoms with Crippen LogP contribution in [0.2, 0.25) is 0 Å². The van der Waals surface area contributed by atoms with E-state index >= 15 is 0 Å². The van der Waals surface area contributed by atoms with Crippen LogP contribution in [0.1, 0.15) is 51.9 Å². The molecule has 0 aromatic heterocycles. The van der Waals surface area contributed by atoms with E-state index in [-0.39, 0.29) is 25.0 Å². The topological polar surface area (TPSA) is 69.6 Å². The highest BCUT2D eigenvalue weighted by molar-refractivity contribution is 5.79. The Balaban J connectivity index is 2.27. The number of aliphatic hydroxyl groups excluding tert-OH is 2. The Bertz CT molecular complexity index is 233. The fraction of sp³-hybridized carbons (Fsp3) is 0.929. The van der Waals surface area contributed by atoms with Gasteiger partial charge in [0.2, 0.25) is 5.91 Å². The summed E-state index contributed by atoms with van der Waals surface area (Å²) >= 11 is 0. The maximum absolute atomic E-state index is 11.9. The lowest BCUT2D eigenvalue weighted by Gasteiger charge is -2.28. The largest absolute Gasteiger partial charge is 0.394 e. The van der Waals surface area contributed by atoms with Crippen molar-refractivity contribution >= 4 is 5.91 Å². The molecule has 0 heterocycles. The fourth-order valence-electron chi connectivity index (χ4n) is 2.67. The second-order valence-electron chi connectivity index (χ2n) is 5.43. The van der Waals surface area contributed by atoms with Crippen LogP contribution in [0.25, 0.3) is 0 Å². The van der Waals surface area contributed by atoms with E-state index in [1.807, 2.05) is 0 Å². The summed E-state index contributed by atoms with van der Waals surface area (Å²) in [4.78, 5) is 11.9. The van der Waals surface area contributed by atoms with Crippen molar-refractivity contribution in [1.29, 1.82) is 0 Å². The first-order chi connectivity index (χ1) is 8.71. The predicted octanol–water partition coefficient (Wildman–Crippen LogP) is 1.45. The lowest BCUT2D eigenvalue weighted by molar-refractivity contribution is -0.127. The number of unbranched alkanes of at least 4 members (excludes halogenated alkanes) is 1. The molecule has 1 fully saturated rings. The highest BCUT2D eigenvalue weighted by Gasteiger charge is 2.26. The molecule has 0 unspecified atom stereocenters. The molecule has 1 aliphatic rings. The Kier molecular flexibility index (Phi) is 7.28. The number of aliphatic hydroxyl groups is 2. The summed E-state index contributed by atoms with van der Waals surface area (Å²) in [5, 5.41) is 20.6. The minimum Gasteiger partial charge on any atom is -0.394 e. The first kappa shape index (κ1) is 15.4. The third-order valence-electron chi connectivity index (χ3n) is 3.97. The standard InChI is InChI=1S/C14H27NO3/c1-2-3-4-11-5-7-12(8-6-11)14(18)15-13(9-16)10-17/h11-13,16-17H,2-10H2,1H3,(H,15,18). The maximum Gasteiger partial charge on any atom is 0.223 e. The number of rotatable bonds is 7. The van der Waals surface area contributed by atoms with E-state index in [4.69, 9.17) is 10.2 Å². The van der Waals surface area contributed by atoms with Crippen LogP contribution < -0.4 is 5.32 Å². The van der Waals surface area contributed by atoms with Crippen molar-refractivity contribution in [3.8, 4) is 0 Å². The third-order valence-corrected chi connectivity index (χ3v) is 3.97. The zero-order chi connectivity index (χ0) is 13.4. The summed E-state index contributed by atoms with van der Waals surface area (Å²) in [6.07, 6.45) is 8.00. The van der Waals surface area contributed by atoms with E-state index in [2.05, 4.69) is 12.2 Å². The molecule has 106 valence electrons. The summed E-state index contributed by atoms with van der Waals surface area (Å²) < 4.78 is 0. The molecule has 0 saturated heterocycles. The molecule has 0 radical (unpaired) electrons. The lowest BCUT2D eigenvalue weighted by atomic mass is 9.79. The van der Waals surface area contributed by atoms with Crippen molar-refractivity contribution in [2.75, 3.05) is 13.2 Å². The van der Waals surface area contributed by atoms with Gasteiger partial charge in [-0.2, -0.15) is 0 Å². The zero-order valence-corrected chi connectivity index (χ0v) is 11.4. The molecule has 3 N–H and O–H groups in total. The molecular weight excluding hydrogens is 230 g/mol. The molecule has 0 aromatic carbocycles. The molecule has 0 aromatic rings. The molecule has 0 atom stereocenters.